The molecule has 4 heteroatoms. The molecule has 1 aliphatic heterocycles. The van der Waals surface area contributed by atoms with E-state index in [0.29, 0.717) is 11.5 Å². The maximum atomic E-state index is 13.0. The quantitative estimate of drug-likeness (QED) is 0.525. The fourth-order valence-electron chi connectivity index (χ4n) is 4.36. The number of aryl methyl sites for hydroxylation is 1. The van der Waals surface area contributed by atoms with Crippen molar-refractivity contribution in [1.82, 2.24) is 4.90 Å². The Kier molecular flexibility index (Phi) is 5.16. The van der Waals surface area contributed by atoms with Crippen LogP contribution in [0.25, 0.3) is 16.7 Å². The van der Waals surface area contributed by atoms with Crippen molar-refractivity contribution in [3.05, 3.63) is 76.9 Å². The minimum absolute atomic E-state index is 0.603. The number of hydrogen-bond acceptors (Lipinski definition) is 1. The van der Waals surface area contributed by atoms with Crippen molar-refractivity contribution in [2.24, 2.45) is 5.92 Å². The largest absolute Gasteiger partial charge is 0.416 e. The predicted molar refractivity (Wildman–Crippen MR) is 113 cm³/mol. The summed E-state index contributed by atoms with van der Waals surface area (Å²) in [4.78, 5) is 2.47. The topological polar surface area (TPSA) is 3.24 Å². The Morgan fingerprint density at radius 1 is 1.07 bits per heavy atom. The highest BCUT2D eigenvalue weighted by molar-refractivity contribution is 5.76. The highest BCUT2D eigenvalue weighted by Crippen LogP contribution is 2.37. The van der Waals surface area contributed by atoms with E-state index in [2.05, 4.69) is 37.5 Å². The predicted octanol–water partition coefficient (Wildman–Crippen LogP) is 6.60. The second-order valence-corrected chi connectivity index (χ2v) is 8.42. The molecule has 0 spiro atoms. The average Bonchev–Trinajstić information content (AvgIpc) is 2.64. The van der Waals surface area contributed by atoms with E-state index in [-0.39, 0.29) is 0 Å². The normalized spacial score (nSPS) is 17.8. The Bertz CT molecular complexity index is 978. The number of rotatable bonds is 4. The molecule has 2 aromatic carbocycles. The van der Waals surface area contributed by atoms with Gasteiger partial charge in [0.2, 0.25) is 0 Å². The summed E-state index contributed by atoms with van der Waals surface area (Å²) in [6.45, 7) is 11.5. The van der Waals surface area contributed by atoms with Crippen LogP contribution >= 0.6 is 0 Å². The van der Waals surface area contributed by atoms with Crippen LogP contribution in [0.3, 0.4) is 0 Å². The van der Waals surface area contributed by atoms with Crippen LogP contribution in [0.2, 0.25) is 0 Å². The lowest BCUT2D eigenvalue weighted by atomic mass is 9.83. The Labute approximate surface area is 170 Å². The molecule has 0 unspecified atom stereocenters. The van der Waals surface area contributed by atoms with Crippen molar-refractivity contribution in [1.29, 1.82) is 0 Å². The molecule has 0 bridgehead atoms. The van der Waals surface area contributed by atoms with Crippen LogP contribution in [0.15, 0.2) is 60.2 Å². The minimum Gasteiger partial charge on any atom is -0.298 e. The fourth-order valence-corrected chi connectivity index (χ4v) is 4.36. The summed E-state index contributed by atoms with van der Waals surface area (Å²) in [6, 6.07) is 11.7. The molecule has 1 saturated heterocycles. The first kappa shape index (κ1) is 20.0. The number of nitrogens with zero attached hydrogens (tertiary/aromatic N) is 1. The third-order valence-corrected chi connectivity index (χ3v) is 6.33. The fraction of sp³-hybridized carbons (Fsp3) is 0.360. The molecule has 2 aliphatic rings. The monoisotopic (exact) mass is 397 g/mol. The molecule has 0 amide bonds. The Balaban J connectivity index is 1.55. The first-order valence-corrected chi connectivity index (χ1v) is 10.1. The zero-order valence-electron chi connectivity index (χ0n) is 16.9. The molecular weight excluding hydrogens is 371 g/mol. The third-order valence-electron chi connectivity index (χ3n) is 6.33. The van der Waals surface area contributed by atoms with E-state index in [1.54, 1.807) is 6.07 Å². The van der Waals surface area contributed by atoms with Crippen molar-refractivity contribution >= 4 is 5.57 Å². The summed E-state index contributed by atoms with van der Waals surface area (Å²) >= 11 is 0. The average molecular weight is 397 g/mol. The molecule has 2 aromatic rings. The van der Waals surface area contributed by atoms with Crippen molar-refractivity contribution in [3.63, 3.8) is 0 Å². The lowest BCUT2D eigenvalue weighted by molar-refractivity contribution is -0.137. The van der Waals surface area contributed by atoms with Gasteiger partial charge >= 0.3 is 6.18 Å². The highest BCUT2D eigenvalue weighted by Gasteiger charge is 2.31. The molecule has 29 heavy (non-hydrogen) atoms. The van der Waals surface area contributed by atoms with Crippen LogP contribution in [0, 0.1) is 5.92 Å². The summed E-state index contributed by atoms with van der Waals surface area (Å²) in [5.74, 6) is 0.627. The summed E-state index contributed by atoms with van der Waals surface area (Å²) in [5, 5.41) is 0. The van der Waals surface area contributed by atoms with E-state index in [4.69, 9.17) is 0 Å². The molecule has 0 radical (unpaired) electrons. The van der Waals surface area contributed by atoms with E-state index >= 15 is 0 Å². The second-order valence-electron chi connectivity index (χ2n) is 8.42. The summed E-state index contributed by atoms with van der Waals surface area (Å²) in [5.41, 5.74) is 7.38. The standard InChI is InChI=1S/C25H26F3N/c1-16(2)22-14-29(15-22)13-21-8-7-20-11-19(9-10-24(20)17(21)3)18-5-4-6-23(12-18)25(26,27)28/h4-6,9-12,22H,1,7-8,13-15H2,2-3H3. The number of benzene rings is 2. The van der Waals surface area contributed by atoms with Crippen molar-refractivity contribution < 1.29 is 13.2 Å². The first-order chi connectivity index (χ1) is 13.7. The Morgan fingerprint density at radius 2 is 1.79 bits per heavy atom. The zero-order chi connectivity index (χ0) is 20.8. The van der Waals surface area contributed by atoms with Gasteiger partial charge in [-0.3, -0.25) is 4.90 Å². The van der Waals surface area contributed by atoms with Crippen LogP contribution in [-0.2, 0) is 12.6 Å². The number of halogens is 3. The lowest BCUT2D eigenvalue weighted by Crippen LogP contribution is -2.47. The van der Waals surface area contributed by atoms with Gasteiger partial charge in [-0.2, -0.15) is 13.2 Å². The van der Waals surface area contributed by atoms with Crippen LogP contribution in [0.4, 0.5) is 13.2 Å². The number of hydrogen-bond donors (Lipinski definition) is 0. The van der Waals surface area contributed by atoms with Gasteiger partial charge in [0.25, 0.3) is 0 Å². The van der Waals surface area contributed by atoms with Gasteiger partial charge in [-0.15, -0.1) is 0 Å². The number of allylic oxidation sites excluding steroid dienone is 1. The molecule has 1 aliphatic carbocycles. The Morgan fingerprint density at radius 3 is 2.48 bits per heavy atom. The minimum atomic E-state index is -4.32. The number of fused-ring (bicyclic) bond motifs is 1. The van der Waals surface area contributed by atoms with E-state index < -0.39 is 11.7 Å². The van der Waals surface area contributed by atoms with Gasteiger partial charge in [0, 0.05) is 25.6 Å². The van der Waals surface area contributed by atoms with E-state index in [0.717, 1.165) is 44.1 Å². The van der Waals surface area contributed by atoms with E-state index in [9.17, 15) is 13.2 Å². The van der Waals surface area contributed by atoms with Crippen LogP contribution in [-0.4, -0.2) is 24.5 Å². The third kappa shape index (κ3) is 4.04. The SMILES string of the molecule is C=C(C)C1CN(CC2=C(C)c3ccc(-c4cccc(C(F)(F)F)c4)cc3CC2)C1. The van der Waals surface area contributed by atoms with Crippen LogP contribution in [0.5, 0.6) is 0 Å². The molecule has 152 valence electrons. The molecule has 1 nitrogen and oxygen atoms in total. The van der Waals surface area contributed by atoms with Gasteiger partial charge in [-0.05, 0) is 66.6 Å². The maximum Gasteiger partial charge on any atom is 0.416 e. The van der Waals surface area contributed by atoms with E-state index in [1.165, 1.54) is 40.0 Å². The van der Waals surface area contributed by atoms with Gasteiger partial charge < -0.3 is 0 Å². The van der Waals surface area contributed by atoms with Crippen molar-refractivity contribution in [2.75, 3.05) is 19.6 Å². The number of likely N-dealkylation sites (tertiary alicyclic amines) is 1. The van der Waals surface area contributed by atoms with Gasteiger partial charge in [-0.1, -0.05) is 48.1 Å². The molecule has 1 fully saturated rings. The first-order valence-electron chi connectivity index (χ1n) is 10.1. The van der Waals surface area contributed by atoms with Crippen LogP contribution < -0.4 is 0 Å². The molecular formula is C25H26F3N. The molecule has 0 N–H and O–H groups in total. The van der Waals surface area contributed by atoms with Crippen LogP contribution in [0.1, 0.15) is 37.0 Å². The molecule has 0 saturated carbocycles. The highest BCUT2D eigenvalue weighted by atomic mass is 19.4. The summed E-state index contributed by atoms with van der Waals surface area (Å²) in [6.07, 6.45) is -2.37. The van der Waals surface area contributed by atoms with Gasteiger partial charge in [-0.25, -0.2) is 0 Å². The molecule has 1 heterocycles. The smallest absolute Gasteiger partial charge is 0.298 e. The molecule has 0 atom stereocenters. The number of alkyl halides is 3. The Hall–Kier alpha value is -2.33. The second kappa shape index (κ2) is 7.49. The summed E-state index contributed by atoms with van der Waals surface area (Å²) < 4.78 is 39.1. The zero-order valence-corrected chi connectivity index (χ0v) is 16.9. The van der Waals surface area contributed by atoms with Crippen molar-refractivity contribution in [2.45, 2.75) is 32.9 Å². The van der Waals surface area contributed by atoms with Gasteiger partial charge in [0.15, 0.2) is 0 Å². The van der Waals surface area contributed by atoms with Gasteiger partial charge in [0.05, 0.1) is 5.56 Å². The molecule has 0 aromatic heterocycles. The van der Waals surface area contributed by atoms with Crippen molar-refractivity contribution in [3.8, 4) is 11.1 Å². The lowest BCUT2D eigenvalue weighted by Gasteiger charge is -2.41. The van der Waals surface area contributed by atoms with Gasteiger partial charge in [0.1, 0.15) is 0 Å². The maximum absolute atomic E-state index is 13.0. The van der Waals surface area contributed by atoms with E-state index in [1.807, 2.05) is 6.07 Å². The molecule has 4 rings (SSSR count). The summed E-state index contributed by atoms with van der Waals surface area (Å²) in [7, 11) is 0.